The third-order valence-corrected chi connectivity index (χ3v) is 6.62. The summed E-state index contributed by atoms with van der Waals surface area (Å²) >= 11 is 0. The fourth-order valence-electron chi connectivity index (χ4n) is 4.98. The number of esters is 1. The predicted octanol–water partition coefficient (Wildman–Crippen LogP) is 5.15. The van der Waals surface area contributed by atoms with Gasteiger partial charge in [0.1, 0.15) is 23.7 Å². The number of benzene rings is 2. The molecule has 0 aromatic heterocycles. The number of nitrogens with zero attached hydrogens (tertiary/aromatic N) is 1. The number of carbonyl (C=O) groups is 1. The standard InChI is InChI=1S/C26H31NO4/c1-2-27(20-10-4-3-5-11-20)23-24(29)22(17-14-18-12-15-21(28)16-13-18)26(30)31-25(23)19-8-6-7-9-19/h3-5,10-13,15-16,19,23,25,28-29H,2,6-9,14,17H2,1H3. The third kappa shape index (κ3) is 4.55. The Kier molecular flexibility index (Phi) is 6.50. The normalized spacial score (nSPS) is 21.9. The number of aliphatic hydroxyl groups excluding tert-OH is 1. The molecule has 164 valence electrons. The number of hydrogen-bond acceptors (Lipinski definition) is 5. The lowest BCUT2D eigenvalue weighted by Crippen LogP contribution is -2.53. The molecule has 1 aliphatic heterocycles. The van der Waals surface area contributed by atoms with E-state index in [-0.39, 0.29) is 29.6 Å². The van der Waals surface area contributed by atoms with Crippen molar-refractivity contribution in [3.63, 3.8) is 0 Å². The van der Waals surface area contributed by atoms with E-state index in [1.807, 2.05) is 42.5 Å². The van der Waals surface area contributed by atoms with Crippen LogP contribution in [-0.4, -0.2) is 34.9 Å². The average Bonchev–Trinajstić information content (AvgIpc) is 3.32. The molecule has 2 aromatic carbocycles. The van der Waals surface area contributed by atoms with Gasteiger partial charge in [-0.25, -0.2) is 4.79 Å². The van der Waals surface area contributed by atoms with Gasteiger partial charge in [0, 0.05) is 12.2 Å². The summed E-state index contributed by atoms with van der Waals surface area (Å²) in [6.07, 6.45) is 4.98. The molecule has 0 amide bonds. The van der Waals surface area contributed by atoms with Crippen LogP contribution >= 0.6 is 0 Å². The Morgan fingerprint density at radius 3 is 2.29 bits per heavy atom. The van der Waals surface area contributed by atoms with Crippen LogP contribution in [0.25, 0.3) is 0 Å². The lowest BCUT2D eigenvalue weighted by molar-refractivity contribution is -0.151. The van der Waals surface area contributed by atoms with Crippen molar-refractivity contribution in [2.45, 2.75) is 57.6 Å². The quantitative estimate of drug-likeness (QED) is 0.605. The van der Waals surface area contributed by atoms with E-state index in [2.05, 4.69) is 11.8 Å². The van der Waals surface area contributed by atoms with Gasteiger partial charge in [-0.3, -0.25) is 0 Å². The van der Waals surface area contributed by atoms with Crippen LogP contribution in [0.2, 0.25) is 0 Å². The number of phenols is 1. The lowest BCUT2D eigenvalue weighted by Gasteiger charge is -2.42. The summed E-state index contributed by atoms with van der Waals surface area (Å²) in [7, 11) is 0. The second kappa shape index (κ2) is 9.46. The number of likely N-dealkylation sites (N-methyl/N-ethyl adjacent to an activating group) is 1. The third-order valence-electron chi connectivity index (χ3n) is 6.62. The van der Waals surface area contributed by atoms with E-state index >= 15 is 0 Å². The van der Waals surface area contributed by atoms with Crippen LogP contribution in [0.5, 0.6) is 5.75 Å². The molecular weight excluding hydrogens is 390 g/mol. The number of aromatic hydroxyl groups is 1. The van der Waals surface area contributed by atoms with Gasteiger partial charge in [-0.1, -0.05) is 43.2 Å². The molecule has 2 aliphatic rings. The topological polar surface area (TPSA) is 70.0 Å². The van der Waals surface area contributed by atoms with Crippen molar-refractivity contribution in [1.29, 1.82) is 0 Å². The molecule has 4 rings (SSSR count). The first kappa shape index (κ1) is 21.3. The SMILES string of the molecule is CCN(c1ccccc1)C1C(O)=C(CCc2ccc(O)cc2)C(=O)OC1C1CCCC1. The minimum absolute atomic E-state index is 0.151. The van der Waals surface area contributed by atoms with E-state index in [9.17, 15) is 15.0 Å². The summed E-state index contributed by atoms with van der Waals surface area (Å²) in [5, 5.41) is 20.9. The van der Waals surface area contributed by atoms with Crippen molar-refractivity contribution in [2.24, 2.45) is 5.92 Å². The van der Waals surface area contributed by atoms with E-state index in [1.54, 1.807) is 12.1 Å². The summed E-state index contributed by atoms with van der Waals surface area (Å²) in [6, 6.07) is 16.6. The van der Waals surface area contributed by atoms with Crippen LogP contribution in [0.1, 0.15) is 44.6 Å². The Bertz CT molecular complexity index is 916. The molecule has 2 atom stereocenters. The van der Waals surface area contributed by atoms with Gasteiger partial charge < -0.3 is 19.8 Å². The lowest BCUT2D eigenvalue weighted by atomic mass is 9.87. The van der Waals surface area contributed by atoms with Crippen molar-refractivity contribution < 1.29 is 19.7 Å². The Morgan fingerprint density at radius 2 is 1.65 bits per heavy atom. The minimum Gasteiger partial charge on any atom is -0.509 e. The van der Waals surface area contributed by atoms with Crippen LogP contribution in [0.3, 0.4) is 0 Å². The van der Waals surface area contributed by atoms with E-state index in [0.29, 0.717) is 25.0 Å². The highest BCUT2D eigenvalue weighted by atomic mass is 16.5. The molecule has 1 fully saturated rings. The first-order valence-electron chi connectivity index (χ1n) is 11.3. The number of para-hydroxylation sites is 1. The van der Waals surface area contributed by atoms with Crippen LogP contribution in [0, 0.1) is 5.92 Å². The first-order chi connectivity index (χ1) is 15.1. The number of cyclic esters (lactones) is 1. The molecule has 5 heteroatoms. The summed E-state index contributed by atoms with van der Waals surface area (Å²) in [5.74, 6) is 0.238. The Morgan fingerprint density at radius 1 is 0.968 bits per heavy atom. The number of aliphatic hydroxyl groups is 1. The predicted molar refractivity (Wildman–Crippen MR) is 121 cm³/mol. The molecule has 1 heterocycles. The van der Waals surface area contributed by atoms with Crippen LogP contribution in [0.15, 0.2) is 65.9 Å². The number of aryl methyl sites for hydroxylation is 1. The van der Waals surface area contributed by atoms with Crippen molar-refractivity contribution in [1.82, 2.24) is 0 Å². The number of rotatable bonds is 7. The molecule has 0 spiro atoms. The molecule has 0 saturated heterocycles. The van der Waals surface area contributed by atoms with Crippen molar-refractivity contribution in [3.8, 4) is 5.75 Å². The second-order valence-corrected chi connectivity index (χ2v) is 8.51. The van der Waals surface area contributed by atoms with Crippen LogP contribution in [0.4, 0.5) is 5.69 Å². The number of carbonyl (C=O) groups excluding carboxylic acids is 1. The number of phenolic OH excluding ortho intramolecular Hbond substituents is 1. The molecule has 1 saturated carbocycles. The van der Waals surface area contributed by atoms with Gasteiger partial charge in [0.05, 0.1) is 5.57 Å². The Labute approximate surface area is 184 Å². The second-order valence-electron chi connectivity index (χ2n) is 8.51. The zero-order valence-electron chi connectivity index (χ0n) is 18.0. The molecule has 2 aromatic rings. The highest BCUT2D eigenvalue weighted by molar-refractivity contribution is 5.90. The van der Waals surface area contributed by atoms with Crippen molar-refractivity contribution in [3.05, 3.63) is 71.5 Å². The van der Waals surface area contributed by atoms with Gasteiger partial charge in [-0.2, -0.15) is 0 Å². The maximum Gasteiger partial charge on any atom is 0.337 e. The van der Waals surface area contributed by atoms with Crippen LogP contribution in [-0.2, 0) is 16.0 Å². The molecule has 5 nitrogen and oxygen atoms in total. The number of ether oxygens (including phenoxy) is 1. The largest absolute Gasteiger partial charge is 0.509 e. The highest BCUT2D eigenvalue weighted by Gasteiger charge is 2.45. The fraction of sp³-hybridized carbons (Fsp3) is 0.423. The molecule has 0 radical (unpaired) electrons. The Hall–Kier alpha value is -2.95. The molecule has 1 aliphatic carbocycles. The van der Waals surface area contributed by atoms with E-state index in [1.165, 1.54) is 0 Å². The van der Waals surface area contributed by atoms with E-state index in [4.69, 9.17) is 4.74 Å². The maximum atomic E-state index is 12.9. The molecular formula is C26H31NO4. The van der Waals surface area contributed by atoms with Crippen molar-refractivity contribution >= 4 is 11.7 Å². The Balaban J connectivity index is 1.66. The first-order valence-corrected chi connectivity index (χ1v) is 11.3. The van der Waals surface area contributed by atoms with Gasteiger partial charge in [-0.05, 0) is 68.4 Å². The molecule has 2 unspecified atom stereocenters. The summed E-state index contributed by atoms with van der Waals surface area (Å²) in [6.45, 7) is 2.77. The van der Waals surface area contributed by atoms with Crippen molar-refractivity contribution in [2.75, 3.05) is 11.4 Å². The zero-order valence-corrected chi connectivity index (χ0v) is 18.0. The van der Waals surface area contributed by atoms with E-state index < -0.39 is 5.97 Å². The average molecular weight is 422 g/mol. The summed E-state index contributed by atoms with van der Waals surface area (Å²) in [4.78, 5) is 15.1. The maximum absolute atomic E-state index is 12.9. The van der Waals surface area contributed by atoms with Gasteiger partial charge in [-0.15, -0.1) is 0 Å². The number of hydrogen-bond donors (Lipinski definition) is 2. The van der Waals surface area contributed by atoms with Gasteiger partial charge in [0.2, 0.25) is 0 Å². The fourth-order valence-corrected chi connectivity index (χ4v) is 4.98. The monoisotopic (exact) mass is 421 g/mol. The molecule has 0 bridgehead atoms. The summed E-state index contributed by atoms with van der Waals surface area (Å²) < 4.78 is 6.04. The molecule has 31 heavy (non-hydrogen) atoms. The summed E-state index contributed by atoms with van der Waals surface area (Å²) in [5.41, 5.74) is 2.37. The van der Waals surface area contributed by atoms with Crippen LogP contribution < -0.4 is 4.90 Å². The highest BCUT2D eigenvalue weighted by Crippen LogP contribution is 2.39. The molecule has 2 N–H and O–H groups in total. The zero-order chi connectivity index (χ0) is 21.8. The van der Waals surface area contributed by atoms with Gasteiger partial charge in [0.25, 0.3) is 0 Å². The number of anilines is 1. The van der Waals surface area contributed by atoms with Gasteiger partial charge >= 0.3 is 5.97 Å². The van der Waals surface area contributed by atoms with Gasteiger partial charge in [0.15, 0.2) is 0 Å². The smallest absolute Gasteiger partial charge is 0.337 e. The van der Waals surface area contributed by atoms with E-state index in [0.717, 1.165) is 36.9 Å². The minimum atomic E-state index is -0.395.